The van der Waals surface area contributed by atoms with Crippen molar-refractivity contribution in [2.75, 3.05) is 0 Å². The largest absolute Gasteiger partial charge is 0.366 e. The summed E-state index contributed by atoms with van der Waals surface area (Å²) in [6.07, 6.45) is 5.05. The number of hydrogen-bond donors (Lipinski definition) is 1. The Labute approximate surface area is 83.7 Å². The Kier molecular flexibility index (Phi) is 3.68. The molecule has 0 aliphatic carbocycles. The number of allylic oxidation sites excluding steroid dienone is 2. The van der Waals surface area contributed by atoms with Crippen LogP contribution in [0.5, 0.6) is 0 Å². The zero-order valence-corrected chi connectivity index (χ0v) is 8.10. The van der Waals surface area contributed by atoms with Crippen LogP contribution in [0.1, 0.15) is 12.5 Å². The molecule has 0 radical (unpaired) electrons. The maximum atomic E-state index is 10.5. The summed E-state index contributed by atoms with van der Waals surface area (Å²) in [5.41, 5.74) is 7.09. The minimum absolute atomic E-state index is 0.425. The number of amides is 1. The molecule has 1 aromatic rings. The Hall–Kier alpha value is -1.83. The Morgan fingerprint density at radius 2 is 1.86 bits per heavy atom. The van der Waals surface area contributed by atoms with Crippen LogP contribution in [0.15, 0.2) is 48.1 Å². The van der Waals surface area contributed by atoms with Crippen molar-refractivity contribution in [2.24, 2.45) is 5.73 Å². The molecule has 0 aliphatic heterocycles. The highest BCUT2D eigenvalue weighted by Crippen LogP contribution is 2.06. The molecule has 0 atom stereocenters. The minimum Gasteiger partial charge on any atom is -0.366 e. The average molecular weight is 187 g/mol. The van der Waals surface area contributed by atoms with Crippen molar-refractivity contribution in [2.45, 2.75) is 6.92 Å². The van der Waals surface area contributed by atoms with Crippen molar-refractivity contribution in [3.63, 3.8) is 0 Å². The van der Waals surface area contributed by atoms with Crippen LogP contribution in [0.4, 0.5) is 0 Å². The number of carbonyl (C=O) groups excluding carboxylic acids is 1. The molecule has 1 rings (SSSR count). The second-order valence-corrected chi connectivity index (χ2v) is 3.03. The summed E-state index contributed by atoms with van der Waals surface area (Å²) in [6.45, 7) is 1.92. The lowest BCUT2D eigenvalue weighted by Crippen LogP contribution is -2.05. The van der Waals surface area contributed by atoms with Gasteiger partial charge in [0.15, 0.2) is 0 Å². The summed E-state index contributed by atoms with van der Waals surface area (Å²) < 4.78 is 0. The first-order valence-corrected chi connectivity index (χ1v) is 4.39. The van der Waals surface area contributed by atoms with Gasteiger partial charge in [0.1, 0.15) is 0 Å². The van der Waals surface area contributed by atoms with Gasteiger partial charge in [-0.1, -0.05) is 48.1 Å². The summed E-state index contributed by atoms with van der Waals surface area (Å²) in [4.78, 5) is 10.5. The van der Waals surface area contributed by atoms with Gasteiger partial charge in [0, 0.05) is 6.08 Å². The predicted molar refractivity (Wildman–Crippen MR) is 58.4 cm³/mol. The van der Waals surface area contributed by atoms with Gasteiger partial charge < -0.3 is 5.73 Å². The van der Waals surface area contributed by atoms with Crippen molar-refractivity contribution in [3.8, 4) is 0 Å². The Morgan fingerprint density at radius 3 is 2.43 bits per heavy atom. The van der Waals surface area contributed by atoms with Gasteiger partial charge in [0.2, 0.25) is 5.91 Å². The van der Waals surface area contributed by atoms with Crippen LogP contribution in [-0.4, -0.2) is 5.91 Å². The van der Waals surface area contributed by atoms with Gasteiger partial charge in [-0.3, -0.25) is 4.79 Å². The van der Waals surface area contributed by atoms with Gasteiger partial charge in [0.05, 0.1) is 0 Å². The van der Waals surface area contributed by atoms with E-state index in [9.17, 15) is 4.79 Å². The lowest BCUT2D eigenvalue weighted by atomic mass is 10.1. The molecule has 0 aromatic heterocycles. The van der Waals surface area contributed by atoms with E-state index in [4.69, 9.17) is 5.73 Å². The highest BCUT2D eigenvalue weighted by Gasteiger charge is 1.87. The summed E-state index contributed by atoms with van der Waals surface area (Å²) in [6, 6.07) is 9.91. The fraction of sp³-hybridized carbons (Fsp3) is 0.0833. The summed E-state index contributed by atoms with van der Waals surface area (Å²) in [7, 11) is 0. The highest BCUT2D eigenvalue weighted by atomic mass is 16.1. The van der Waals surface area contributed by atoms with E-state index in [2.05, 4.69) is 0 Å². The molecule has 0 heterocycles. The van der Waals surface area contributed by atoms with E-state index in [0.29, 0.717) is 0 Å². The van der Waals surface area contributed by atoms with Crippen LogP contribution in [0, 0.1) is 0 Å². The van der Waals surface area contributed by atoms with Gasteiger partial charge >= 0.3 is 0 Å². The third-order valence-corrected chi connectivity index (χ3v) is 1.70. The second-order valence-electron chi connectivity index (χ2n) is 3.03. The topological polar surface area (TPSA) is 43.1 Å². The summed E-state index contributed by atoms with van der Waals surface area (Å²) >= 11 is 0. The van der Waals surface area contributed by atoms with Crippen LogP contribution < -0.4 is 5.73 Å². The van der Waals surface area contributed by atoms with Crippen molar-refractivity contribution in [1.82, 2.24) is 0 Å². The fourth-order valence-corrected chi connectivity index (χ4v) is 1.07. The van der Waals surface area contributed by atoms with E-state index < -0.39 is 5.91 Å². The minimum atomic E-state index is -0.425. The molecular formula is C12H13NO. The molecule has 0 fully saturated rings. The van der Waals surface area contributed by atoms with Gasteiger partial charge in [-0.25, -0.2) is 0 Å². The number of benzene rings is 1. The maximum Gasteiger partial charge on any atom is 0.241 e. The molecule has 0 unspecified atom stereocenters. The Balaban J connectivity index is 2.74. The maximum absolute atomic E-state index is 10.5. The quantitative estimate of drug-likeness (QED) is 0.571. The van der Waals surface area contributed by atoms with Crippen LogP contribution in [0.3, 0.4) is 0 Å². The number of hydrogen-bond acceptors (Lipinski definition) is 1. The number of nitrogens with two attached hydrogens (primary N) is 1. The van der Waals surface area contributed by atoms with Crippen molar-refractivity contribution in [1.29, 1.82) is 0 Å². The molecule has 1 aromatic carbocycles. The molecule has 0 aliphatic rings. The van der Waals surface area contributed by atoms with Crippen LogP contribution in [0.2, 0.25) is 0 Å². The molecule has 0 bridgehead atoms. The first-order chi connectivity index (χ1) is 6.68. The van der Waals surface area contributed by atoms with Crippen molar-refractivity contribution >= 4 is 12.0 Å². The van der Waals surface area contributed by atoms with Crippen molar-refractivity contribution < 1.29 is 4.79 Å². The van der Waals surface area contributed by atoms with Crippen molar-refractivity contribution in [3.05, 3.63) is 53.6 Å². The van der Waals surface area contributed by atoms with E-state index in [1.807, 2.05) is 43.3 Å². The van der Waals surface area contributed by atoms with E-state index in [-0.39, 0.29) is 0 Å². The molecule has 14 heavy (non-hydrogen) atoms. The van der Waals surface area contributed by atoms with E-state index in [1.54, 1.807) is 6.08 Å². The molecule has 0 saturated carbocycles. The zero-order valence-electron chi connectivity index (χ0n) is 8.10. The van der Waals surface area contributed by atoms with Crippen LogP contribution in [0.25, 0.3) is 6.08 Å². The fourth-order valence-electron chi connectivity index (χ4n) is 1.07. The van der Waals surface area contributed by atoms with Gasteiger partial charge in [0.25, 0.3) is 0 Å². The van der Waals surface area contributed by atoms with Crippen LogP contribution in [-0.2, 0) is 4.79 Å². The zero-order chi connectivity index (χ0) is 10.4. The third kappa shape index (κ3) is 3.72. The lowest BCUT2D eigenvalue weighted by Gasteiger charge is -1.93. The molecule has 2 N–H and O–H groups in total. The first-order valence-electron chi connectivity index (χ1n) is 4.39. The Morgan fingerprint density at radius 1 is 1.21 bits per heavy atom. The molecule has 0 saturated heterocycles. The molecule has 0 spiro atoms. The normalized spacial score (nSPS) is 11.9. The van der Waals surface area contributed by atoms with Crippen LogP contribution >= 0.6 is 0 Å². The molecule has 1 amide bonds. The SMILES string of the molecule is CC(/C=C/C(N)=O)=C\c1ccccc1. The summed E-state index contributed by atoms with van der Waals surface area (Å²) in [5.74, 6) is -0.425. The molecule has 2 heteroatoms. The third-order valence-electron chi connectivity index (χ3n) is 1.70. The van der Waals surface area contributed by atoms with E-state index in [0.717, 1.165) is 11.1 Å². The molecule has 2 nitrogen and oxygen atoms in total. The van der Waals surface area contributed by atoms with E-state index in [1.165, 1.54) is 6.08 Å². The lowest BCUT2D eigenvalue weighted by molar-refractivity contribution is -0.113. The number of primary amides is 1. The molecule has 72 valence electrons. The van der Waals surface area contributed by atoms with Gasteiger partial charge in [-0.05, 0) is 12.5 Å². The highest BCUT2D eigenvalue weighted by molar-refractivity contribution is 5.86. The monoisotopic (exact) mass is 187 g/mol. The average Bonchev–Trinajstić information content (AvgIpc) is 2.16. The van der Waals surface area contributed by atoms with Gasteiger partial charge in [-0.15, -0.1) is 0 Å². The predicted octanol–water partition coefficient (Wildman–Crippen LogP) is 2.13. The smallest absolute Gasteiger partial charge is 0.241 e. The van der Waals surface area contributed by atoms with Gasteiger partial charge in [-0.2, -0.15) is 0 Å². The standard InChI is InChI=1S/C12H13NO/c1-10(7-8-12(13)14)9-11-5-3-2-4-6-11/h2-9H,1H3,(H2,13,14)/b8-7+,10-9+. The summed E-state index contributed by atoms with van der Waals surface area (Å²) in [5, 5.41) is 0. The second kappa shape index (κ2) is 5.02. The van der Waals surface area contributed by atoms with E-state index >= 15 is 0 Å². The molecular weight excluding hydrogens is 174 g/mol. The number of carbonyl (C=O) groups is 1. The number of rotatable bonds is 3. The Bertz CT molecular complexity index is 363. The first kappa shape index (κ1) is 10.3.